The van der Waals surface area contributed by atoms with Gasteiger partial charge in [-0.25, -0.2) is 17.2 Å². The number of sulfonamides is 1. The Hall–Kier alpha value is -2.32. The Morgan fingerprint density at radius 2 is 1.76 bits per heavy atom. The van der Waals surface area contributed by atoms with Crippen LogP contribution in [0, 0.1) is 11.6 Å². The van der Waals surface area contributed by atoms with Gasteiger partial charge < -0.3 is 5.32 Å². The van der Waals surface area contributed by atoms with Gasteiger partial charge in [0.15, 0.2) is 5.78 Å². The SMILES string of the molecule is CS(=O)(=O)Nc1cc(C(=O)CNCCc2ccccc2)c(F)cc1F. The summed E-state index contributed by atoms with van der Waals surface area (Å²) in [6.45, 7) is 0.362. The molecule has 0 unspecified atom stereocenters. The zero-order valence-electron chi connectivity index (χ0n) is 13.6. The van der Waals surface area contributed by atoms with Gasteiger partial charge in [-0.3, -0.25) is 9.52 Å². The third kappa shape index (κ3) is 5.91. The number of benzene rings is 2. The lowest BCUT2D eigenvalue weighted by atomic mass is 10.1. The number of nitrogens with one attached hydrogen (secondary N) is 2. The highest BCUT2D eigenvalue weighted by atomic mass is 32.2. The Kier molecular flexibility index (Phi) is 6.22. The lowest BCUT2D eigenvalue weighted by molar-refractivity contribution is 0.0987. The average molecular weight is 368 g/mol. The first-order valence-corrected chi connectivity index (χ1v) is 9.40. The first kappa shape index (κ1) is 19.0. The summed E-state index contributed by atoms with van der Waals surface area (Å²) in [5.74, 6) is -2.72. The van der Waals surface area contributed by atoms with Gasteiger partial charge in [-0.05, 0) is 24.6 Å². The number of rotatable bonds is 8. The molecule has 0 aromatic heterocycles. The summed E-state index contributed by atoms with van der Waals surface area (Å²) in [5, 5.41) is 2.89. The van der Waals surface area contributed by atoms with E-state index in [1.54, 1.807) is 0 Å². The first-order chi connectivity index (χ1) is 11.8. The molecule has 0 bridgehead atoms. The van der Waals surface area contributed by atoms with Gasteiger partial charge in [-0.2, -0.15) is 0 Å². The summed E-state index contributed by atoms with van der Waals surface area (Å²) >= 11 is 0. The van der Waals surface area contributed by atoms with E-state index < -0.39 is 33.1 Å². The number of hydrogen-bond donors (Lipinski definition) is 2. The summed E-state index contributed by atoms with van der Waals surface area (Å²) in [6.07, 6.45) is 1.53. The second kappa shape index (κ2) is 8.17. The molecule has 134 valence electrons. The van der Waals surface area contributed by atoms with Crippen LogP contribution in [-0.4, -0.2) is 33.5 Å². The standard InChI is InChI=1S/C17H18F2N2O3S/c1-25(23,24)21-16-9-13(14(18)10-15(16)19)17(22)11-20-8-7-12-5-3-2-4-6-12/h2-6,9-10,20-21H,7-8,11H2,1H3. The molecule has 0 aliphatic rings. The van der Waals surface area contributed by atoms with Gasteiger partial charge in [0.1, 0.15) is 11.6 Å². The number of anilines is 1. The number of hydrogen-bond acceptors (Lipinski definition) is 4. The molecule has 0 saturated heterocycles. The molecule has 25 heavy (non-hydrogen) atoms. The Morgan fingerprint density at radius 3 is 2.40 bits per heavy atom. The quantitative estimate of drug-likeness (QED) is 0.554. The topological polar surface area (TPSA) is 75.3 Å². The molecule has 0 aliphatic carbocycles. The molecule has 8 heteroatoms. The van der Waals surface area contributed by atoms with Gasteiger partial charge in [0.05, 0.1) is 24.1 Å². The Bertz CT molecular complexity index is 856. The van der Waals surface area contributed by atoms with E-state index in [0.717, 1.165) is 17.9 Å². The summed E-state index contributed by atoms with van der Waals surface area (Å²) in [5.41, 5.74) is 0.256. The Labute approximate surface area is 145 Å². The molecule has 0 saturated carbocycles. The molecular weight excluding hydrogens is 350 g/mol. The molecule has 0 spiro atoms. The average Bonchev–Trinajstić information content (AvgIpc) is 2.54. The van der Waals surface area contributed by atoms with Crippen LogP contribution in [0.2, 0.25) is 0 Å². The highest BCUT2D eigenvalue weighted by Gasteiger charge is 2.17. The van der Waals surface area contributed by atoms with Crippen LogP contribution in [0.15, 0.2) is 42.5 Å². The monoisotopic (exact) mass is 368 g/mol. The molecule has 2 rings (SSSR count). The van der Waals surface area contributed by atoms with Crippen molar-refractivity contribution in [3.05, 3.63) is 65.2 Å². The molecule has 5 nitrogen and oxygen atoms in total. The number of carbonyl (C=O) groups is 1. The van der Waals surface area contributed by atoms with Gasteiger partial charge in [0.2, 0.25) is 10.0 Å². The van der Waals surface area contributed by atoms with Gasteiger partial charge in [-0.15, -0.1) is 0 Å². The van der Waals surface area contributed by atoms with Crippen molar-refractivity contribution in [3.8, 4) is 0 Å². The Balaban J connectivity index is 1.99. The van der Waals surface area contributed by atoms with E-state index in [4.69, 9.17) is 0 Å². The summed E-state index contributed by atoms with van der Waals surface area (Å²) < 4.78 is 51.8. The molecule has 2 aromatic rings. The third-order valence-electron chi connectivity index (χ3n) is 3.37. The molecule has 0 heterocycles. The zero-order valence-corrected chi connectivity index (χ0v) is 14.4. The summed E-state index contributed by atoms with van der Waals surface area (Å²) in [7, 11) is -3.75. The van der Waals surface area contributed by atoms with Crippen molar-refractivity contribution in [2.24, 2.45) is 0 Å². The van der Waals surface area contributed by atoms with Crippen molar-refractivity contribution in [1.29, 1.82) is 0 Å². The van der Waals surface area contributed by atoms with Crippen molar-refractivity contribution in [3.63, 3.8) is 0 Å². The van der Waals surface area contributed by atoms with Crippen molar-refractivity contribution >= 4 is 21.5 Å². The third-order valence-corrected chi connectivity index (χ3v) is 3.96. The van der Waals surface area contributed by atoms with E-state index in [0.29, 0.717) is 19.0 Å². The highest BCUT2D eigenvalue weighted by molar-refractivity contribution is 7.92. The molecule has 0 atom stereocenters. The summed E-state index contributed by atoms with van der Waals surface area (Å²) in [6, 6.07) is 11.0. The van der Waals surface area contributed by atoms with Crippen LogP contribution in [0.3, 0.4) is 0 Å². The minimum absolute atomic E-state index is 0.145. The van der Waals surface area contributed by atoms with Crippen molar-refractivity contribution in [2.75, 3.05) is 24.1 Å². The van der Waals surface area contributed by atoms with E-state index in [-0.39, 0.29) is 12.1 Å². The van der Waals surface area contributed by atoms with Crippen LogP contribution in [0.5, 0.6) is 0 Å². The maximum atomic E-state index is 13.8. The van der Waals surface area contributed by atoms with E-state index in [1.807, 2.05) is 35.1 Å². The minimum atomic E-state index is -3.75. The van der Waals surface area contributed by atoms with Crippen molar-refractivity contribution in [2.45, 2.75) is 6.42 Å². The lowest BCUT2D eigenvalue weighted by Gasteiger charge is -2.10. The summed E-state index contributed by atoms with van der Waals surface area (Å²) in [4.78, 5) is 12.1. The maximum Gasteiger partial charge on any atom is 0.229 e. The molecule has 0 fully saturated rings. The van der Waals surface area contributed by atoms with Gasteiger partial charge in [0, 0.05) is 6.07 Å². The molecule has 2 aromatic carbocycles. The predicted octanol–water partition coefficient (Wildman–Crippen LogP) is 2.35. The smallest absolute Gasteiger partial charge is 0.229 e. The Morgan fingerprint density at radius 1 is 1.08 bits per heavy atom. The molecule has 0 radical (unpaired) electrons. The fourth-order valence-corrected chi connectivity index (χ4v) is 2.77. The zero-order chi connectivity index (χ0) is 18.4. The number of halogens is 2. The van der Waals surface area contributed by atoms with Crippen LogP contribution in [0.25, 0.3) is 0 Å². The number of ketones is 1. The maximum absolute atomic E-state index is 13.8. The highest BCUT2D eigenvalue weighted by Crippen LogP contribution is 2.20. The lowest BCUT2D eigenvalue weighted by Crippen LogP contribution is -2.26. The minimum Gasteiger partial charge on any atom is -0.309 e. The number of Topliss-reactive ketones (excluding diaryl/α,β-unsaturated/α-hetero) is 1. The number of carbonyl (C=O) groups excluding carboxylic acids is 1. The molecular formula is C17H18F2N2O3S. The van der Waals surface area contributed by atoms with Crippen LogP contribution >= 0.6 is 0 Å². The van der Waals surface area contributed by atoms with E-state index >= 15 is 0 Å². The van der Waals surface area contributed by atoms with Crippen LogP contribution in [0.1, 0.15) is 15.9 Å². The molecule has 0 amide bonds. The first-order valence-electron chi connectivity index (χ1n) is 7.51. The van der Waals surface area contributed by atoms with E-state index in [9.17, 15) is 22.0 Å². The fourth-order valence-electron chi connectivity index (χ4n) is 2.22. The fraction of sp³-hybridized carbons (Fsp3) is 0.235. The van der Waals surface area contributed by atoms with Crippen LogP contribution in [-0.2, 0) is 16.4 Å². The van der Waals surface area contributed by atoms with Gasteiger partial charge in [-0.1, -0.05) is 30.3 Å². The predicted molar refractivity (Wildman–Crippen MR) is 92.2 cm³/mol. The largest absolute Gasteiger partial charge is 0.309 e. The van der Waals surface area contributed by atoms with E-state index in [2.05, 4.69) is 5.32 Å². The van der Waals surface area contributed by atoms with Crippen molar-refractivity contribution in [1.82, 2.24) is 5.32 Å². The van der Waals surface area contributed by atoms with Gasteiger partial charge >= 0.3 is 0 Å². The van der Waals surface area contributed by atoms with Crippen LogP contribution < -0.4 is 10.0 Å². The second-order valence-corrected chi connectivity index (χ2v) is 7.27. The normalized spacial score (nSPS) is 11.3. The van der Waals surface area contributed by atoms with Crippen molar-refractivity contribution < 1.29 is 22.0 Å². The van der Waals surface area contributed by atoms with E-state index in [1.165, 1.54) is 0 Å². The second-order valence-electron chi connectivity index (χ2n) is 5.52. The van der Waals surface area contributed by atoms with Gasteiger partial charge in [0.25, 0.3) is 0 Å². The van der Waals surface area contributed by atoms with Crippen LogP contribution in [0.4, 0.5) is 14.5 Å². The molecule has 0 aliphatic heterocycles. The molecule has 2 N–H and O–H groups in total.